The fourth-order valence-corrected chi connectivity index (χ4v) is 2.40. The summed E-state index contributed by atoms with van der Waals surface area (Å²) in [5, 5.41) is 6.52. The number of aromatic nitrogens is 3. The van der Waals surface area contributed by atoms with Crippen LogP contribution in [0.2, 0.25) is 0 Å². The molecule has 6 heteroatoms. The number of ether oxygens (including phenoxy) is 1. The Hall–Kier alpha value is -1.82. The van der Waals surface area contributed by atoms with Crippen LogP contribution in [0.5, 0.6) is 0 Å². The molecule has 0 atom stereocenters. The molecule has 0 aliphatic heterocycles. The molecular weight excluding hydrogens is 242 g/mol. The molecule has 19 heavy (non-hydrogen) atoms. The normalized spacial score (nSPS) is 22.2. The van der Waals surface area contributed by atoms with Crippen LogP contribution < -0.4 is 10.6 Å². The summed E-state index contributed by atoms with van der Waals surface area (Å²) < 4.78 is 7.54. The van der Waals surface area contributed by atoms with Gasteiger partial charge in [0, 0.05) is 32.1 Å². The highest BCUT2D eigenvalue weighted by Gasteiger charge is 2.30. The van der Waals surface area contributed by atoms with Crippen LogP contribution in [0, 0.1) is 0 Å². The van der Waals surface area contributed by atoms with Gasteiger partial charge in [0.25, 0.3) is 0 Å². The van der Waals surface area contributed by atoms with Crippen LogP contribution in [0.15, 0.2) is 18.6 Å². The third-order valence-corrected chi connectivity index (χ3v) is 3.47. The quantitative estimate of drug-likeness (QED) is 0.858. The van der Waals surface area contributed by atoms with Gasteiger partial charge in [-0.25, -0.2) is 9.97 Å². The number of anilines is 2. The Balaban J connectivity index is 1.75. The highest BCUT2D eigenvalue weighted by molar-refractivity contribution is 5.65. The molecule has 0 saturated heterocycles. The fourth-order valence-electron chi connectivity index (χ4n) is 2.40. The van der Waals surface area contributed by atoms with Crippen LogP contribution in [0.1, 0.15) is 19.8 Å². The first kappa shape index (κ1) is 12.2. The first-order chi connectivity index (χ1) is 9.30. The predicted octanol–water partition coefficient (Wildman–Crippen LogP) is 1.75. The van der Waals surface area contributed by atoms with Gasteiger partial charge in [-0.3, -0.25) is 0 Å². The average molecular weight is 261 g/mol. The molecule has 1 fully saturated rings. The molecule has 1 aliphatic rings. The zero-order valence-corrected chi connectivity index (χ0v) is 11.3. The number of fused-ring (bicyclic) bond motifs is 1. The summed E-state index contributed by atoms with van der Waals surface area (Å²) in [5.41, 5.74) is 0.860. The third kappa shape index (κ3) is 2.35. The van der Waals surface area contributed by atoms with Crippen LogP contribution in [-0.4, -0.2) is 40.2 Å². The lowest BCUT2D eigenvalue weighted by molar-refractivity contribution is 0.00294. The van der Waals surface area contributed by atoms with Crippen molar-refractivity contribution in [3.8, 4) is 0 Å². The van der Waals surface area contributed by atoms with Gasteiger partial charge < -0.3 is 19.8 Å². The standard InChI is InChI=1S/C13H19N5O/c1-3-19-10-6-9(7-10)16-12-13-15-4-5-18(13)8-11(14-2)17-12/h4-5,8-10,14H,3,6-7H2,1-2H3,(H,16,17). The lowest BCUT2D eigenvalue weighted by Crippen LogP contribution is -2.41. The van der Waals surface area contributed by atoms with Crippen molar-refractivity contribution in [1.29, 1.82) is 0 Å². The van der Waals surface area contributed by atoms with Gasteiger partial charge in [0.05, 0.1) is 12.3 Å². The summed E-state index contributed by atoms with van der Waals surface area (Å²) in [4.78, 5) is 8.88. The van der Waals surface area contributed by atoms with E-state index >= 15 is 0 Å². The zero-order valence-electron chi connectivity index (χ0n) is 11.3. The molecule has 2 heterocycles. The second-order valence-corrected chi connectivity index (χ2v) is 4.77. The first-order valence-electron chi connectivity index (χ1n) is 6.69. The average Bonchev–Trinajstić information content (AvgIpc) is 2.84. The lowest BCUT2D eigenvalue weighted by atomic mass is 9.89. The molecule has 1 aliphatic carbocycles. The Bertz CT molecular complexity index is 561. The van der Waals surface area contributed by atoms with E-state index in [1.54, 1.807) is 6.20 Å². The minimum absolute atomic E-state index is 0.394. The number of nitrogens with zero attached hydrogens (tertiary/aromatic N) is 3. The van der Waals surface area contributed by atoms with Gasteiger partial charge in [-0.1, -0.05) is 0 Å². The van der Waals surface area contributed by atoms with Crippen molar-refractivity contribution in [2.24, 2.45) is 0 Å². The molecule has 0 amide bonds. The van der Waals surface area contributed by atoms with E-state index in [0.29, 0.717) is 12.1 Å². The summed E-state index contributed by atoms with van der Waals surface area (Å²) in [6.45, 7) is 2.82. The molecule has 0 bridgehead atoms. The highest BCUT2D eigenvalue weighted by Crippen LogP contribution is 2.27. The van der Waals surface area contributed by atoms with Crippen molar-refractivity contribution >= 4 is 17.3 Å². The smallest absolute Gasteiger partial charge is 0.180 e. The van der Waals surface area contributed by atoms with Gasteiger partial charge in [-0.05, 0) is 19.8 Å². The molecule has 1 saturated carbocycles. The maximum Gasteiger partial charge on any atom is 0.180 e. The first-order valence-corrected chi connectivity index (χ1v) is 6.69. The van der Waals surface area contributed by atoms with E-state index in [-0.39, 0.29) is 0 Å². The van der Waals surface area contributed by atoms with E-state index in [1.807, 2.05) is 30.8 Å². The lowest BCUT2D eigenvalue weighted by Gasteiger charge is -2.35. The fraction of sp³-hybridized carbons (Fsp3) is 0.538. The van der Waals surface area contributed by atoms with Crippen molar-refractivity contribution < 1.29 is 4.74 Å². The summed E-state index contributed by atoms with van der Waals surface area (Å²) in [7, 11) is 1.86. The Kier molecular flexibility index (Phi) is 3.25. The van der Waals surface area contributed by atoms with Gasteiger partial charge in [0.1, 0.15) is 5.82 Å². The Labute approximate surface area is 112 Å². The molecule has 102 valence electrons. The summed E-state index contributed by atoms with van der Waals surface area (Å²) in [6.07, 6.45) is 8.10. The Morgan fingerprint density at radius 1 is 1.47 bits per heavy atom. The van der Waals surface area contributed by atoms with Crippen LogP contribution in [-0.2, 0) is 4.74 Å². The summed E-state index contributed by atoms with van der Waals surface area (Å²) in [5.74, 6) is 1.66. The minimum atomic E-state index is 0.394. The molecule has 2 aromatic heterocycles. The second-order valence-electron chi connectivity index (χ2n) is 4.77. The van der Waals surface area contributed by atoms with E-state index < -0.39 is 0 Å². The number of rotatable bonds is 5. The van der Waals surface area contributed by atoms with E-state index in [1.165, 1.54) is 0 Å². The van der Waals surface area contributed by atoms with E-state index in [4.69, 9.17) is 4.74 Å². The van der Waals surface area contributed by atoms with E-state index in [0.717, 1.165) is 36.7 Å². The molecular formula is C13H19N5O. The highest BCUT2D eigenvalue weighted by atomic mass is 16.5. The molecule has 0 aromatic carbocycles. The monoisotopic (exact) mass is 261 g/mol. The minimum Gasteiger partial charge on any atom is -0.378 e. The van der Waals surface area contributed by atoms with E-state index in [9.17, 15) is 0 Å². The number of imidazole rings is 1. The zero-order chi connectivity index (χ0) is 13.2. The number of hydrogen-bond donors (Lipinski definition) is 2. The third-order valence-electron chi connectivity index (χ3n) is 3.47. The Morgan fingerprint density at radius 3 is 3.05 bits per heavy atom. The van der Waals surface area contributed by atoms with Crippen LogP contribution >= 0.6 is 0 Å². The van der Waals surface area contributed by atoms with Gasteiger partial charge in [0.15, 0.2) is 11.5 Å². The Morgan fingerprint density at radius 2 is 2.32 bits per heavy atom. The SMILES string of the molecule is CCOC1CC(Nc2nc(NC)cn3ccnc23)C1. The number of nitrogens with one attached hydrogen (secondary N) is 2. The molecule has 2 aromatic rings. The van der Waals surface area contributed by atoms with Crippen LogP contribution in [0.4, 0.5) is 11.6 Å². The van der Waals surface area contributed by atoms with Gasteiger partial charge >= 0.3 is 0 Å². The molecule has 6 nitrogen and oxygen atoms in total. The summed E-state index contributed by atoms with van der Waals surface area (Å²) >= 11 is 0. The molecule has 0 radical (unpaired) electrons. The molecule has 2 N–H and O–H groups in total. The number of hydrogen-bond acceptors (Lipinski definition) is 5. The second kappa shape index (κ2) is 5.05. The molecule has 0 unspecified atom stereocenters. The van der Waals surface area contributed by atoms with Gasteiger partial charge in [0.2, 0.25) is 0 Å². The van der Waals surface area contributed by atoms with Gasteiger partial charge in [-0.2, -0.15) is 0 Å². The van der Waals surface area contributed by atoms with Crippen molar-refractivity contribution in [3.63, 3.8) is 0 Å². The topological polar surface area (TPSA) is 63.5 Å². The summed E-state index contributed by atoms with van der Waals surface area (Å²) in [6, 6.07) is 0.427. The van der Waals surface area contributed by atoms with Gasteiger partial charge in [-0.15, -0.1) is 0 Å². The van der Waals surface area contributed by atoms with Crippen LogP contribution in [0.25, 0.3) is 5.65 Å². The van der Waals surface area contributed by atoms with Crippen molar-refractivity contribution in [3.05, 3.63) is 18.6 Å². The van der Waals surface area contributed by atoms with Crippen LogP contribution in [0.3, 0.4) is 0 Å². The molecule has 0 spiro atoms. The molecule has 3 rings (SSSR count). The van der Waals surface area contributed by atoms with E-state index in [2.05, 4.69) is 20.6 Å². The van der Waals surface area contributed by atoms with Crippen molar-refractivity contribution in [1.82, 2.24) is 14.4 Å². The predicted molar refractivity (Wildman–Crippen MR) is 74.6 cm³/mol. The van der Waals surface area contributed by atoms with Crippen molar-refractivity contribution in [2.45, 2.75) is 31.9 Å². The largest absolute Gasteiger partial charge is 0.378 e. The maximum atomic E-state index is 5.57. The van der Waals surface area contributed by atoms with Crippen molar-refractivity contribution in [2.75, 3.05) is 24.3 Å². The maximum absolute atomic E-state index is 5.57.